The average molecular weight is 418 g/mol. The Labute approximate surface area is 181 Å². The van der Waals surface area contributed by atoms with Gasteiger partial charge in [-0.2, -0.15) is 0 Å². The van der Waals surface area contributed by atoms with Crippen LogP contribution in [0.3, 0.4) is 0 Å². The van der Waals surface area contributed by atoms with Gasteiger partial charge in [-0.05, 0) is 50.5 Å². The number of hydrogen-bond acceptors (Lipinski definition) is 7. The Morgan fingerprint density at radius 2 is 1.68 bits per heavy atom. The summed E-state index contributed by atoms with van der Waals surface area (Å²) in [6.45, 7) is 8.66. The van der Waals surface area contributed by atoms with E-state index in [2.05, 4.69) is 37.7 Å². The van der Waals surface area contributed by atoms with Crippen molar-refractivity contribution in [3.63, 3.8) is 0 Å². The smallest absolute Gasteiger partial charge is 0.291 e. The fourth-order valence-electron chi connectivity index (χ4n) is 4.53. The molecule has 0 radical (unpaired) electrons. The minimum absolute atomic E-state index is 0.121. The van der Waals surface area contributed by atoms with Crippen LogP contribution in [0.5, 0.6) is 0 Å². The predicted octanol–water partition coefficient (Wildman–Crippen LogP) is 2.60. The fourth-order valence-corrected chi connectivity index (χ4v) is 4.53. The lowest BCUT2D eigenvalue weighted by molar-refractivity contribution is 0.0734. The van der Waals surface area contributed by atoms with Crippen LogP contribution in [-0.4, -0.2) is 70.0 Å². The Bertz CT molecular complexity index is 1100. The van der Waals surface area contributed by atoms with Crippen LogP contribution < -0.4 is 9.80 Å². The molecule has 0 aliphatic carbocycles. The van der Waals surface area contributed by atoms with Crippen molar-refractivity contribution < 1.29 is 4.79 Å². The molecular weight excluding hydrogens is 390 g/mol. The van der Waals surface area contributed by atoms with E-state index in [9.17, 15) is 4.79 Å². The van der Waals surface area contributed by atoms with E-state index in [1.54, 1.807) is 6.20 Å². The molecule has 2 saturated heterocycles. The molecule has 0 saturated carbocycles. The SMILES string of the molecule is Cc1cc(C)c2c(N3CCCC3)nc(C(=O)N3CCN(c4ccccn4)CC3)nc2n1. The summed E-state index contributed by atoms with van der Waals surface area (Å²) >= 11 is 0. The van der Waals surface area contributed by atoms with Crippen molar-refractivity contribution in [3.05, 3.63) is 47.5 Å². The minimum Gasteiger partial charge on any atom is -0.356 e. The lowest BCUT2D eigenvalue weighted by atomic mass is 10.1. The van der Waals surface area contributed by atoms with Gasteiger partial charge in [0.1, 0.15) is 11.6 Å². The summed E-state index contributed by atoms with van der Waals surface area (Å²) in [4.78, 5) is 38.1. The first-order chi connectivity index (χ1) is 15.1. The van der Waals surface area contributed by atoms with Gasteiger partial charge in [-0.1, -0.05) is 6.07 Å². The number of carbonyl (C=O) groups is 1. The Hall–Kier alpha value is -3.29. The molecule has 2 fully saturated rings. The lowest BCUT2D eigenvalue weighted by Crippen LogP contribution is -2.49. The van der Waals surface area contributed by atoms with Gasteiger partial charge in [0.05, 0.1) is 5.39 Å². The molecule has 0 unspecified atom stereocenters. The molecule has 31 heavy (non-hydrogen) atoms. The molecule has 8 heteroatoms. The maximum Gasteiger partial charge on any atom is 0.291 e. The van der Waals surface area contributed by atoms with E-state index >= 15 is 0 Å². The van der Waals surface area contributed by atoms with Gasteiger partial charge in [0.2, 0.25) is 5.82 Å². The molecule has 3 aromatic rings. The van der Waals surface area contributed by atoms with Gasteiger partial charge in [0, 0.05) is 51.2 Å². The predicted molar refractivity (Wildman–Crippen MR) is 121 cm³/mol. The number of amides is 1. The number of nitrogens with zero attached hydrogens (tertiary/aromatic N) is 7. The number of hydrogen-bond donors (Lipinski definition) is 0. The number of aromatic nitrogens is 4. The monoisotopic (exact) mass is 417 g/mol. The second-order valence-corrected chi connectivity index (χ2v) is 8.31. The molecule has 0 bridgehead atoms. The van der Waals surface area contributed by atoms with Gasteiger partial charge in [-0.25, -0.2) is 19.9 Å². The number of rotatable bonds is 3. The second kappa shape index (κ2) is 8.09. The Balaban J connectivity index is 1.44. The first kappa shape index (κ1) is 19.7. The maximum atomic E-state index is 13.3. The number of carbonyl (C=O) groups excluding carboxylic acids is 1. The van der Waals surface area contributed by atoms with Gasteiger partial charge >= 0.3 is 0 Å². The van der Waals surface area contributed by atoms with Crippen molar-refractivity contribution in [3.8, 4) is 0 Å². The molecular formula is C23H27N7O. The third kappa shape index (κ3) is 3.78. The summed E-state index contributed by atoms with van der Waals surface area (Å²) in [6.07, 6.45) is 4.08. The van der Waals surface area contributed by atoms with Crippen LogP contribution in [-0.2, 0) is 0 Å². The summed E-state index contributed by atoms with van der Waals surface area (Å²) in [5.41, 5.74) is 2.62. The van der Waals surface area contributed by atoms with E-state index in [0.717, 1.165) is 67.3 Å². The third-order valence-electron chi connectivity index (χ3n) is 6.11. The quantitative estimate of drug-likeness (QED) is 0.648. The van der Waals surface area contributed by atoms with Crippen molar-refractivity contribution >= 4 is 28.6 Å². The largest absolute Gasteiger partial charge is 0.356 e. The molecule has 5 heterocycles. The van der Waals surface area contributed by atoms with E-state index in [0.29, 0.717) is 18.7 Å². The molecule has 0 atom stereocenters. The minimum atomic E-state index is -0.121. The molecule has 5 rings (SSSR count). The normalized spacial score (nSPS) is 16.9. The standard InChI is InChI=1S/C23H27N7O/c1-16-15-17(2)25-20-19(16)22(29-9-5-6-10-29)27-21(26-20)23(31)30-13-11-28(12-14-30)18-7-3-4-8-24-18/h3-4,7-8,15H,5-6,9-14H2,1-2H3. The highest BCUT2D eigenvalue weighted by Crippen LogP contribution is 2.29. The number of anilines is 2. The molecule has 0 aromatic carbocycles. The van der Waals surface area contributed by atoms with Gasteiger partial charge < -0.3 is 14.7 Å². The van der Waals surface area contributed by atoms with E-state index in [-0.39, 0.29) is 11.7 Å². The summed E-state index contributed by atoms with van der Waals surface area (Å²) in [6, 6.07) is 7.96. The zero-order chi connectivity index (χ0) is 21.4. The first-order valence-electron chi connectivity index (χ1n) is 11.0. The van der Waals surface area contributed by atoms with Crippen LogP contribution in [0.4, 0.5) is 11.6 Å². The summed E-state index contributed by atoms with van der Waals surface area (Å²) < 4.78 is 0. The highest BCUT2D eigenvalue weighted by atomic mass is 16.2. The van der Waals surface area contributed by atoms with Gasteiger partial charge in [0.25, 0.3) is 5.91 Å². The molecule has 160 valence electrons. The molecule has 0 spiro atoms. The highest BCUT2D eigenvalue weighted by molar-refractivity contribution is 5.97. The van der Waals surface area contributed by atoms with E-state index < -0.39 is 0 Å². The number of pyridine rings is 2. The van der Waals surface area contributed by atoms with E-state index in [4.69, 9.17) is 4.98 Å². The van der Waals surface area contributed by atoms with Gasteiger partial charge in [-0.3, -0.25) is 4.79 Å². The average Bonchev–Trinajstić information content (AvgIpc) is 3.33. The zero-order valence-electron chi connectivity index (χ0n) is 18.1. The van der Waals surface area contributed by atoms with Crippen molar-refractivity contribution in [2.24, 2.45) is 0 Å². The number of fused-ring (bicyclic) bond motifs is 1. The van der Waals surface area contributed by atoms with Gasteiger partial charge in [-0.15, -0.1) is 0 Å². The van der Waals surface area contributed by atoms with Crippen molar-refractivity contribution in [2.75, 3.05) is 49.1 Å². The van der Waals surface area contributed by atoms with Gasteiger partial charge in [0.15, 0.2) is 5.65 Å². The maximum absolute atomic E-state index is 13.3. The zero-order valence-corrected chi connectivity index (χ0v) is 18.1. The third-order valence-corrected chi connectivity index (χ3v) is 6.11. The molecule has 1 amide bonds. The number of aryl methyl sites for hydroxylation is 2. The first-order valence-corrected chi connectivity index (χ1v) is 11.0. The topological polar surface area (TPSA) is 78.4 Å². The van der Waals surface area contributed by atoms with Crippen LogP contribution >= 0.6 is 0 Å². The highest BCUT2D eigenvalue weighted by Gasteiger charge is 2.27. The Kier molecular flexibility index (Phi) is 5.13. The second-order valence-electron chi connectivity index (χ2n) is 8.31. The van der Waals surface area contributed by atoms with Crippen LogP contribution in [0.1, 0.15) is 34.7 Å². The van der Waals surface area contributed by atoms with E-state index in [1.165, 1.54) is 0 Å². The summed E-state index contributed by atoms with van der Waals surface area (Å²) in [5, 5.41) is 0.962. The summed E-state index contributed by atoms with van der Waals surface area (Å²) in [5.74, 6) is 1.92. The fraction of sp³-hybridized carbons (Fsp3) is 0.435. The Morgan fingerprint density at radius 1 is 0.903 bits per heavy atom. The van der Waals surface area contributed by atoms with Crippen molar-refractivity contribution in [2.45, 2.75) is 26.7 Å². The van der Waals surface area contributed by atoms with Crippen molar-refractivity contribution in [1.82, 2.24) is 24.8 Å². The van der Waals surface area contributed by atoms with E-state index in [1.807, 2.05) is 30.0 Å². The van der Waals surface area contributed by atoms with Crippen molar-refractivity contribution in [1.29, 1.82) is 0 Å². The Morgan fingerprint density at radius 3 is 2.39 bits per heavy atom. The van der Waals surface area contributed by atoms with Crippen LogP contribution in [0.15, 0.2) is 30.5 Å². The van der Waals surface area contributed by atoms with Crippen LogP contribution in [0, 0.1) is 13.8 Å². The van der Waals surface area contributed by atoms with Crippen LogP contribution in [0.2, 0.25) is 0 Å². The molecule has 2 aliphatic heterocycles. The van der Waals surface area contributed by atoms with Crippen LogP contribution in [0.25, 0.3) is 11.0 Å². The molecule has 2 aliphatic rings. The number of piperazine rings is 1. The molecule has 3 aromatic heterocycles. The summed E-state index contributed by atoms with van der Waals surface area (Å²) in [7, 11) is 0. The lowest BCUT2D eigenvalue weighted by Gasteiger charge is -2.35. The molecule has 0 N–H and O–H groups in total. The molecule has 8 nitrogen and oxygen atoms in total.